The van der Waals surface area contributed by atoms with Crippen molar-refractivity contribution in [2.75, 3.05) is 19.8 Å². The quantitative estimate of drug-likeness (QED) is 0.767. The van der Waals surface area contributed by atoms with Crippen LogP contribution < -0.4 is 10.1 Å². The Morgan fingerprint density at radius 1 is 1.33 bits per heavy atom. The number of aliphatic hydroxyl groups excluding tert-OH is 1. The van der Waals surface area contributed by atoms with Gasteiger partial charge >= 0.3 is 0 Å². The molecule has 0 radical (unpaired) electrons. The van der Waals surface area contributed by atoms with Gasteiger partial charge in [-0.2, -0.15) is 0 Å². The predicted octanol–water partition coefficient (Wildman–Crippen LogP) is 3.29. The van der Waals surface area contributed by atoms with Crippen molar-refractivity contribution in [1.29, 1.82) is 0 Å². The average molecular weight is 334 g/mol. The largest absolute Gasteiger partial charge is 0.482 e. The number of rotatable bonds is 8. The third-order valence-electron chi connectivity index (χ3n) is 3.75. The van der Waals surface area contributed by atoms with E-state index in [1.165, 1.54) is 0 Å². The van der Waals surface area contributed by atoms with Gasteiger partial charge in [-0.3, -0.25) is 4.79 Å². The van der Waals surface area contributed by atoms with E-state index >= 15 is 0 Å². The Bertz CT molecular complexity index is 468. The third-order valence-corrected chi connectivity index (χ3v) is 4.30. The number of halogens is 2. The Morgan fingerprint density at radius 2 is 2.00 bits per heavy atom. The maximum atomic E-state index is 11.8. The summed E-state index contributed by atoms with van der Waals surface area (Å²) in [5.74, 6) is 0.115. The lowest BCUT2D eigenvalue weighted by Gasteiger charge is -2.29. The molecule has 1 aromatic carbocycles. The van der Waals surface area contributed by atoms with Crippen molar-refractivity contribution < 1.29 is 14.6 Å². The van der Waals surface area contributed by atoms with Crippen LogP contribution in [0.4, 0.5) is 0 Å². The smallest absolute Gasteiger partial charge is 0.257 e. The molecule has 1 amide bonds. The minimum atomic E-state index is -0.274. The highest BCUT2D eigenvalue weighted by molar-refractivity contribution is 6.34. The summed E-state index contributed by atoms with van der Waals surface area (Å²) in [6.07, 6.45) is 1.59. The first-order valence-corrected chi connectivity index (χ1v) is 7.67. The molecule has 0 aromatic heterocycles. The van der Waals surface area contributed by atoms with E-state index in [-0.39, 0.29) is 24.5 Å². The first-order valence-electron chi connectivity index (χ1n) is 6.91. The Balaban J connectivity index is 2.49. The maximum absolute atomic E-state index is 11.8. The summed E-state index contributed by atoms with van der Waals surface area (Å²) in [4.78, 5) is 11.8. The lowest BCUT2D eigenvalue weighted by Crippen LogP contribution is -2.41. The van der Waals surface area contributed by atoms with E-state index in [0.29, 0.717) is 22.3 Å². The van der Waals surface area contributed by atoms with Crippen LogP contribution in [-0.4, -0.2) is 30.8 Å². The zero-order valence-electron chi connectivity index (χ0n) is 12.3. The molecule has 6 heteroatoms. The van der Waals surface area contributed by atoms with Crippen LogP contribution >= 0.6 is 23.2 Å². The normalized spacial score (nSPS) is 11.3. The van der Waals surface area contributed by atoms with E-state index < -0.39 is 0 Å². The molecule has 0 bridgehead atoms. The molecule has 4 nitrogen and oxygen atoms in total. The summed E-state index contributed by atoms with van der Waals surface area (Å²) in [7, 11) is 0. The number of carbonyl (C=O) groups excluding carboxylic acids is 1. The molecule has 0 unspecified atom stereocenters. The molecule has 1 rings (SSSR count). The van der Waals surface area contributed by atoms with Crippen LogP contribution in [0.1, 0.15) is 26.7 Å². The lowest BCUT2D eigenvalue weighted by molar-refractivity contribution is -0.123. The van der Waals surface area contributed by atoms with E-state index in [9.17, 15) is 9.90 Å². The van der Waals surface area contributed by atoms with E-state index in [4.69, 9.17) is 27.9 Å². The van der Waals surface area contributed by atoms with Crippen molar-refractivity contribution in [2.45, 2.75) is 26.7 Å². The van der Waals surface area contributed by atoms with Crippen molar-refractivity contribution >= 4 is 29.1 Å². The van der Waals surface area contributed by atoms with Gasteiger partial charge in [0, 0.05) is 23.0 Å². The molecule has 2 N–H and O–H groups in total. The van der Waals surface area contributed by atoms with Crippen LogP contribution in [0.2, 0.25) is 10.0 Å². The molecule has 0 aliphatic heterocycles. The first kappa shape index (κ1) is 18.1. The van der Waals surface area contributed by atoms with Crippen LogP contribution in [0.5, 0.6) is 5.75 Å². The van der Waals surface area contributed by atoms with E-state index in [2.05, 4.69) is 5.32 Å². The van der Waals surface area contributed by atoms with E-state index in [1.54, 1.807) is 18.2 Å². The molecule has 0 spiro atoms. The minimum Gasteiger partial charge on any atom is -0.482 e. The van der Waals surface area contributed by atoms with Gasteiger partial charge in [-0.05, 0) is 25.0 Å². The number of hydrogen-bond acceptors (Lipinski definition) is 3. The van der Waals surface area contributed by atoms with Gasteiger partial charge in [0.05, 0.1) is 11.6 Å². The molecule has 0 saturated heterocycles. The van der Waals surface area contributed by atoms with Crippen molar-refractivity contribution in [3.05, 3.63) is 28.2 Å². The second kappa shape index (κ2) is 8.47. The second-order valence-electron chi connectivity index (χ2n) is 5.01. The molecule has 118 valence electrons. The molecule has 21 heavy (non-hydrogen) atoms. The van der Waals surface area contributed by atoms with Gasteiger partial charge in [-0.1, -0.05) is 37.0 Å². The second-order valence-corrected chi connectivity index (χ2v) is 5.85. The zero-order valence-corrected chi connectivity index (χ0v) is 13.8. The van der Waals surface area contributed by atoms with Crippen LogP contribution in [0.3, 0.4) is 0 Å². The third kappa shape index (κ3) is 5.38. The fourth-order valence-corrected chi connectivity index (χ4v) is 2.18. The maximum Gasteiger partial charge on any atom is 0.257 e. The summed E-state index contributed by atoms with van der Waals surface area (Å²) < 4.78 is 5.35. The van der Waals surface area contributed by atoms with Gasteiger partial charge in [0.1, 0.15) is 5.75 Å². The summed E-state index contributed by atoms with van der Waals surface area (Å²) in [6.45, 7) is 4.31. The van der Waals surface area contributed by atoms with Gasteiger partial charge in [0.2, 0.25) is 0 Å². The summed E-state index contributed by atoms with van der Waals surface area (Å²) in [5.41, 5.74) is -0.274. The fourth-order valence-electron chi connectivity index (χ4n) is 1.85. The summed E-state index contributed by atoms with van der Waals surface area (Å²) in [6, 6.07) is 4.82. The molecular weight excluding hydrogens is 313 g/mol. The number of hydrogen-bond donors (Lipinski definition) is 2. The molecule has 0 aliphatic carbocycles. The standard InChI is InChI=1S/C15H21Cl2NO3/c1-3-15(4-2,10-19)9-18-14(20)8-21-13-7-11(16)5-6-12(13)17/h5-7,19H,3-4,8-10H2,1-2H3,(H,18,20). The predicted molar refractivity (Wildman–Crippen MR) is 85.1 cm³/mol. The molecule has 0 heterocycles. The topological polar surface area (TPSA) is 58.6 Å². The highest BCUT2D eigenvalue weighted by atomic mass is 35.5. The molecule has 1 aromatic rings. The zero-order chi connectivity index (χ0) is 15.9. The molecule has 0 saturated carbocycles. The number of amides is 1. The van der Waals surface area contributed by atoms with Gasteiger partial charge in [-0.15, -0.1) is 0 Å². The van der Waals surface area contributed by atoms with Crippen molar-refractivity contribution in [1.82, 2.24) is 5.32 Å². The highest BCUT2D eigenvalue weighted by Crippen LogP contribution is 2.27. The summed E-state index contributed by atoms with van der Waals surface area (Å²) in [5, 5.41) is 13.1. The molecule has 0 aliphatic rings. The van der Waals surface area contributed by atoms with Gasteiger partial charge < -0.3 is 15.2 Å². The SMILES string of the molecule is CCC(CC)(CO)CNC(=O)COc1cc(Cl)ccc1Cl. The van der Waals surface area contributed by atoms with Crippen LogP contribution in [0.25, 0.3) is 0 Å². The average Bonchev–Trinajstić information content (AvgIpc) is 2.50. The number of benzene rings is 1. The number of ether oxygens (including phenoxy) is 1. The molecule has 0 fully saturated rings. The van der Waals surface area contributed by atoms with Crippen molar-refractivity contribution in [3.63, 3.8) is 0 Å². The van der Waals surface area contributed by atoms with Gasteiger partial charge in [-0.25, -0.2) is 0 Å². The van der Waals surface area contributed by atoms with Gasteiger partial charge in [0.15, 0.2) is 6.61 Å². The fraction of sp³-hybridized carbons (Fsp3) is 0.533. The Hall–Kier alpha value is -0.970. The Kier molecular flexibility index (Phi) is 7.29. The van der Waals surface area contributed by atoms with E-state index in [1.807, 2.05) is 13.8 Å². The van der Waals surface area contributed by atoms with Gasteiger partial charge in [0.25, 0.3) is 5.91 Å². The number of aliphatic hydroxyl groups is 1. The molecular formula is C15H21Cl2NO3. The monoisotopic (exact) mass is 333 g/mol. The first-order chi connectivity index (χ1) is 9.96. The Morgan fingerprint density at radius 3 is 2.57 bits per heavy atom. The lowest BCUT2D eigenvalue weighted by atomic mass is 9.83. The Labute approximate surface area is 135 Å². The van der Waals surface area contributed by atoms with Crippen LogP contribution in [-0.2, 0) is 4.79 Å². The van der Waals surface area contributed by atoms with Crippen LogP contribution in [0, 0.1) is 5.41 Å². The van der Waals surface area contributed by atoms with Crippen molar-refractivity contribution in [2.24, 2.45) is 5.41 Å². The number of nitrogens with one attached hydrogen (secondary N) is 1. The molecule has 0 atom stereocenters. The summed E-state index contributed by atoms with van der Waals surface area (Å²) >= 11 is 11.8. The van der Waals surface area contributed by atoms with Crippen LogP contribution in [0.15, 0.2) is 18.2 Å². The van der Waals surface area contributed by atoms with Crippen molar-refractivity contribution in [3.8, 4) is 5.75 Å². The van der Waals surface area contributed by atoms with E-state index in [0.717, 1.165) is 12.8 Å². The number of carbonyl (C=O) groups is 1. The minimum absolute atomic E-state index is 0.0429. The highest BCUT2D eigenvalue weighted by Gasteiger charge is 2.25.